The molecule has 3 nitrogen and oxygen atoms in total. The maximum absolute atomic E-state index is 12.1. The summed E-state index contributed by atoms with van der Waals surface area (Å²) in [6.07, 6.45) is 2.97. The van der Waals surface area contributed by atoms with Crippen molar-refractivity contribution in [3.63, 3.8) is 0 Å². The number of carbonyl (C=O) groups excluding carboxylic acids is 1. The van der Waals surface area contributed by atoms with Crippen molar-refractivity contribution in [2.75, 3.05) is 24.6 Å². The van der Waals surface area contributed by atoms with Crippen LogP contribution < -0.4 is 0 Å². The molecule has 0 aromatic heterocycles. The fourth-order valence-electron chi connectivity index (χ4n) is 2.27. The topological polar surface area (TPSA) is 44.1 Å². The summed E-state index contributed by atoms with van der Waals surface area (Å²) in [6.45, 7) is 1.52. The highest BCUT2D eigenvalue weighted by atomic mass is 32.2. The summed E-state index contributed by atoms with van der Waals surface area (Å²) in [6, 6.07) is 2.28. The minimum absolute atomic E-state index is 0.0664. The summed E-state index contributed by atoms with van der Waals surface area (Å²) in [4.78, 5) is 14.0. The SMILES string of the molecule is N#CC1CCCN(C(=O)C2CCSC2)C1. The quantitative estimate of drug-likeness (QED) is 0.678. The van der Waals surface area contributed by atoms with Gasteiger partial charge in [-0.3, -0.25) is 4.79 Å². The van der Waals surface area contributed by atoms with Crippen LogP contribution in [0, 0.1) is 23.2 Å². The Labute approximate surface area is 94.8 Å². The van der Waals surface area contributed by atoms with E-state index in [0.29, 0.717) is 12.5 Å². The molecule has 0 aliphatic carbocycles. The van der Waals surface area contributed by atoms with Crippen molar-refractivity contribution in [1.82, 2.24) is 4.90 Å². The Hall–Kier alpha value is -0.690. The molecule has 2 atom stereocenters. The zero-order chi connectivity index (χ0) is 10.7. The number of nitriles is 1. The van der Waals surface area contributed by atoms with Crippen molar-refractivity contribution in [3.8, 4) is 6.07 Å². The molecule has 0 spiro atoms. The predicted octanol–water partition coefficient (Wildman–Crippen LogP) is 1.50. The Balaban J connectivity index is 1.92. The highest BCUT2D eigenvalue weighted by Gasteiger charge is 2.30. The fraction of sp³-hybridized carbons (Fsp3) is 0.818. The number of likely N-dealkylation sites (tertiary alicyclic amines) is 1. The van der Waals surface area contributed by atoms with Gasteiger partial charge in [-0.2, -0.15) is 17.0 Å². The van der Waals surface area contributed by atoms with Crippen LogP contribution in [0.2, 0.25) is 0 Å². The van der Waals surface area contributed by atoms with Gasteiger partial charge in [0.1, 0.15) is 0 Å². The molecule has 0 N–H and O–H groups in total. The van der Waals surface area contributed by atoms with E-state index >= 15 is 0 Å². The zero-order valence-electron chi connectivity index (χ0n) is 8.82. The van der Waals surface area contributed by atoms with Gasteiger partial charge in [0.15, 0.2) is 0 Å². The summed E-state index contributed by atoms with van der Waals surface area (Å²) in [5, 5.41) is 8.86. The van der Waals surface area contributed by atoms with Crippen LogP contribution in [0.3, 0.4) is 0 Å². The average molecular weight is 224 g/mol. The smallest absolute Gasteiger partial charge is 0.226 e. The van der Waals surface area contributed by atoms with Crippen LogP contribution in [0.15, 0.2) is 0 Å². The number of amides is 1. The summed E-state index contributed by atoms with van der Waals surface area (Å²) >= 11 is 1.87. The lowest BCUT2D eigenvalue weighted by atomic mass is 9.97. The van der Waals surface area contributed by atoms with Gasteiger partial charge in [-0.1, -0.05) is 0 Å². The van der Waals surface area contributed by atoms with Crippen molar-refractivity contribution >= 4 is 17.7 Å². The lowest BCUT2D eigenvalue weighted by Crippen LogP contribution is -2.42. The number of piperidine rings is 1. The van der Waals surface area contributed by atoms with Crippen LogP contribution in [-0.4, -0.2) is 35.4 Å². The maximum Gasteiger partial charge on any atom is 0.226 e. The lowest BCUT2D eigenvalue weighted by molar-refractivity contribution is -0.136. The van der Waals surface area contributed by atoms with E-state index in [0.717, 1.165) is 37.3 Å². The Morgan fingerprint density at radius 3 is 3.00 bits per heavy atom. The van der Waals surface area contributed by atoms with Crippen LogP contribution in [0.1, 0.15) is 19.3 Å². The molecule has 2 rings (SSSR count). The third kappa shape index (κ3) is 2.46. The second kappa shape index (κ2) is 4.89. The highest BCUT2D eigenvalue weighted by Crippen LogP contribution is 2.27. The number of hydrogen-bond donors (Lipinski definition) is 0. The van der Waals surface area contributed by atoms with E-state index in [1.807, 2.05) is 16.7 Å². The van der Waals surface area contributed by atoms with Gasteiger partial charge < -0.3 is 4.90 Å². The number of nitrogens with zero attached hydrogens (tertiary/aromatic N) is 2. The third-order valence-electron chi connectivity index (χ3n) is 3.19. The van der Waals surface area contributed by atoms with E-state index in [9.17, 15) is 4.79 Å². The third-order valence-corrected chi connectivity index (χ3v) is 4.36. The largest absolute Gasteiger partial charge is 0.341 e. The Morgan fingerprint density at radius 2 is 2.33 bits per heavy atom. The molecule has 0 aromatic rings. The molecule has 2 heterocycles. The normalized spacial score (nSPS) is 31.3. The lowest BCUT2D eigenvalue weighted by Gasteiger charge is -2.31. The molecule has 4 heteroatoms. The van der Waals surface area contributed by atoms with E-state index in [1.165, 1.54) is 0 Å². The Morgan fingerprint density at radius 1 is 1.47 bits per heavy atom. The molecule has 2 fully saturated rings. The molecule has 82 valence electrons. The molecule has 2 saturated heterocycles. The molecule has 15 heavy (non-hydrogen) atoms. The van der Waals surface area contributed by atoms with Crippen LogP contribution in [-0.2, 0) is 4.79 Å². The van der Waals surface area contributed by atoms with Crippen molar-refractivity contribution in [3.05, 3.63) is 0 Å². The molecule has 2 unspecified atom stereocenters. The molecule has 0 bridgehead atoms. The number of hydrogen-bond acceptors (Lipinski definition) is 3. The fourth-order valence-corrected chi connectivity index (χ4v) is 3.48. The van der Waals surface area contributed by atoms with Crippen LogP contribution in [0.25, 0.3) is 0 Å². The van der Waals surface area contributed by atoms with Crippen molar-refractivity contribution < 1.29 is 4.79 Å². The van der Waals surface area contributed by atoms with Gasteiger partial charge in [0, 0.05) is 24.8 Å². The van der Waals surface area contributed by atoms with Crippen molar-refractivity contribution in [2.45, 2.75) is 19.3 Å². The molecule has 2 aliphatic heterocycles. The van der Waals surface area contributed by atoms with Gasteiger partial charge in [0.25, 0.3) is 0 Å². The minimum Gasteiger partial charge on any atom is -0.341 e. The van der Waals surface area contributed by atoms with Crippen LogP contribution in [0.5, 0.6) is 0 Å². The molecule has 2 aliphatic rings. The first-order valence-corrected chi connectivity index (χ1v) is 6.73. The van der Waals surface area contributed by atoms with E-state index in [4.69, 9.17) is 5.26 Å². The number of thioether (sulfide) groups is 1. The van der Waals surface area contributed by atoms with Gasteiger partial charge in [-0.25, -0.2) is 0 Å². The van der Waals surface area contributed by atoms with Gasteiger partial charge in [0.05, 0.1) is 12.0 Å². The van der Waals surface area contributed by atoms with Crippen molar-refractivity contribution in [1.29, 1.82) is 5.26 Å². The molecular weight excluding hydrogens is 208 g/mol. The second-order valence-electron chi connectivity index (χ2n) is 4.31. The Bertz CT molecular complexity index is 281. The molecule has 0 aromatic carbocycles. The number of rotatable bonds is 1. The number of carbonyl (C=O) groups is 1. The molecular formula is C11H16N2OS. The molecule has 0 saturated carbocycles. The van der Waals surface area contributed by atoms with E-state index in [2.05, 4.69) is 6.07 Å². The van der Waals surface area contributed by atoms with Gasteiger partial charge in [-0.05, 0) is 25.0 Å². The summed E-state index contributed by atoms with van der Waals surface area (Å²) < 4.78 is 0. The predicted molar refractivity (Wildman–Crippen MR) is 60.3 cm³/mol. The van der Waals surface area contributed by atoms with Gasteiger partial charge >= 0.3 is 0 Å². The monoisotopic (exact) mass is 224 g/mol. The zero-order valence-corrected chi connectivity index (χ0v) is 9.63. The maximum atomic E-state index is 12.1. The minimum atomic E-state index is 0.0664. The highest BCUT2D eigenvalue weighted by molar-refractivity contribution is 7.99. The first kappa shape index (κ1) is 10.8. The molecule has 1 amide bonds. The summed E-state index contributed by atoms with van der Waals surface area (Å²) in [5.74, 6) is 2.68. The van der Waals surface area contributed by atoms with E-state index in [-0.39, 0.29) is 11.8 Å². The average Bonchev–Trinajstić information content (AvgIpc) is 2.81. The van der Waals surface area contributed by atoms with E-state index < -0.39 is 0 Å². The van der Waals surface area contributed by atoms with Crippen LogP contribution in [0.4, 0.5) is 0 Å². The van der Waals surface area contributed by atoms with Gasteiger partial charge in [-0.15, -0.1) is 0 Å². The first-order chi connectivity index (χ1) is 7.31. The molecule has 0 radical (unpaired) electrons. The second-order valence-corrected chi connectivity index (χ2v) is 5.46. The van der Waals surface area contributed by atoms with Gasteiger partial charge in [0.2, 0.25) is 5.91 Å². The van der Waals surface area contributed by atoms with Crippen molar-refractivity contribution in [2.24, 2.45) is 11.8 Å². The van der Waals surface area contributed by atoms with Crippen LogP contribution >= 0.6 is 11.8 Å². The summed E-state index contributed by atoms with van der Waals surface area (Å²) in [5.41, 5.74) is 0. The first-order valence-electron chi connectivity index (χ1n) is 5.57. The summed E-state index contributed by atoms with van der Waals surface area (Å²) in [7, 11) is 0. The van der Waals surface area contributed by atoms with E-state index in [1.54, 1.807) is 0 Å². The Kier molecular flexibility index (Phi) is 3.53. The standard InChI is InChI=1S/C11H16N2OS/c12-6-9-2-1-4-13(7-9)11(14)10-3-5-15-8-10/h9-10H,1-5,7-8H2.